The Morgan fingerprint density at radius 1 is 1.15 bits per heavy atom. The summed E-state index contributed by atoms with van der Waals surface area (Å²) in [7, 11) is 0. The van der Waals surface area contributed by atoms with Crippen molar-refractivity contribution < 1.29 is 4.79 Å². The van der Waals surface area contributed by atoms with Gasteiger partial charge in [-0.2, -0.15) is 0 Å². The molecule has 20 heavy (non-hydrogen) atoms. The van der Waals surface area contributed by atoms with Gasteiger partial charge < -0.3 is 10.6 Å². The molecule has 104 valence electrons. The molecule has 4 heteroatoms. The molecule has 1 atom stereocenters. The van der Waals surface area contributed by atoms with Gasteiger partial charge in [0.05, 0.1) is 6.04 Å². The van der Waals surface area contributed by atoms with E-state index in [1.807, 2.05) is 62.4 Å². The molecule has 0 aromatic heterocycles. The predicted molar refractivity (Wildman–Crippen MR) is 83.2 cm³/mol. The van der Waals surface area contributed by atoms with Crippen molar-refractivity contribution in [3.05, 3.63) is 64.7 Å². The fourth-order valence-corrected chi connectivity index (χ4v) is 2.06. The summed E-state index contributed by atoms with van der Waals surface area (Å²) in [5.74, 6) is 0. The maximum absolute atomic E-state index is 11.9. The topological polar surface area (TPSA) is 41.1 Å². The number of anilines is 1. The number of nitrogens with one attached hydrogen (secondary N) is 2. The van der Waals surface area contributed by atoms with Gasteiger partial charge in [0, 0.05) is 10.7 Å². The Balaban J connectivity index is 1.95. The van der Waals surface area contributed by atoms with Gasteiger partial charge in [-0.25, -0.2) is 4.79 Å². The molecule has 1 unspecified atom stereocenters. The van der Waals surface area contributed by atoms with Crippen LogP contribution in [0.3, 0.4) is 0 Å². The zero-order chi connectivity index (χ0) is 14.5. The van der Waals surface area contributed by atoms with E-state index in [2.05, 4.69) is 10.6 Å². The number of carbonyl (C=O) groups excluding carboxylic acids is 1. The largest absolute Gasteiger partial charge is 0.331 e. The molecule has 0 aliphatic rings. The van der Waals surface area contributed by atoms with Crippen molar-refractivity contribution in [2.75, 3.05) is 5.32 Å². The molecular formula is C16H17ClN2O. The molecule has 0 saturated carbocycles. The quantitative estimate of drug-likeness (QED) is 0.856. The van der Waals surface area contributed by atoms with E-state index in [0.717, 1.165) is 16.8 Å². The van der Waals surface area contributed by atoms with E-state index in [4.69, 9.17) is 11.6 Å². The van der Waals surface area contributed by atoms with E-state index in [-0.39, 0.29) is 12.1 Å². The molecule has 0 aliphatic heterocycles. The summed E-state index contributed by atoms with van der Waals surface area (Å²) in [5.41, 5.74) is 2.89. The lowest BCUT2D eigenvalue weighted by molar-refractivity contribution is 0.249. The minimum atomic E-state index is -0.235. The third-order valence-corrected chi connectivity index (χ3v) is 3.24. The van der Waals surface area contributed by atoms with E-state index in [9.17, 15) is 4.79 Å². The van der Waals surface area contributed by atoms with Gasteiger partial charge in [0.15, 0.2) is 0 Å². The number of amides is 2. The summed E-state index contributed by atoms with van der Waals surface area (Å²) in [6.07, 6.45) is 0. The van der Waals surface area contributed by atoms with E-state index in [1.165, 1.54) is 0 Å². The zero-order valence-corrected chi connectivity index (χ0v) is 12.2. The summed E-state index contributed by atoms with van der Waals surface area (Å²) in [6, 6.07) is 14.8. The van der Waals surface area contributed by atoms with Gasteiger partial charge >= 0.3 is 6.03 Å². The normalized spacial score (nSPS) is 11.8. The van der Waals surface area contributed by atoms with Crippen molar-refractivity contribution in [2.24, 2.45) is 0 Å². The second kappa shape index (κ2) is 6.44. The number of hydrogen-bond donors (Lipinski definition) is 2. The van der Waals surface area contributed by atoms with Crippen LogP contribution in [0.15, 0.2) is 48.5 Å². The Morgan fingerprint density at radius 3 is 2.50 bits per heavy atom. The molecule has 0 aliphatic carbocycles. The number of halogens is 1. The van der Waals surface area contributed by atoms with Crippen LogP contribution in [0.2, 0.25) is 5.02 Å². The average molecular weight is 289 g/mol. The van der Waals surface area contributed by atoms with Crippen molar-refractivity contribution in [1.29, 1.82) is 0 Å². The first kappa shape index (κ1) is 14.4. The van der Waals surface area contributed by atoms with Gasteiger partial charge in [0.1, 0.15) is 0 Å². The fourth-order valence-electron chi connectivity index (χ4n) is 1.86. The maximum Gasteiger partial charge on any atom is 0.319 e. The van der Waals surface area contributed by atoms with E-state index in [1.54, 1.807) is 0 Å². The summed E-state index contributed by atoms with van der Waals surface area (Å²) < 4.78 is 0. The van der Waals surface area contributed by atoms with Crippen LogP contribution in [0.25, 0.3) is 0 Å². The lowest BCUT2D eigenvalue weighted by Crippen LogP contribution is -2.31. The Kier molecular flexibility index (Phi) is 4.64. The fraction of sp³-hybridized carbons (Fsp3) is 0.188. The molecule has 0 heterocycles. The molecule has 2 amide bonds. The Labute approximate surface area is 124 Å². The molecule has 2 aromatic rings. The lowest BCUT2D eigenvalue weighted by atomic mass is 10.1. The Morgan fingerprint density at radius 2 is 1.85 bits per heavy atom. The average Bonchev–Trinajstić information content (AvgIpc) is 2.41. The lowest BCUT2D eigenvalue weighted by Gasteiger charge is -2.15. The van der Waals surface area contributed by atoms with Crippen molar-refractivity contribution in [3.8, 4) is 0 Å². The number of carbonyl (C=O) groups is 1. The molecule has 0 saturated heterocycles. The summed E-state index contributed by atoms with van der Waals surface area (Å²) in [5, 5.41) is 6.34. The molecule has 3 nitrogen and oxygen atoms in total. The van der Waals surface area contributed by atoms with Gasteiger partial charge in [0.25, 0.3) is 0 Å². The van der Waals surface area contributed by atoms with E-state index in [0.29, 0.717) is 5.02 Å². The van der Waals surface area contributed by atoms with Crippen LogP contribution in [0, 0.1) is 6.92 Å². The van der Waals surface area contributed by atoms with Gasteiger partial charge in [-0.1, -0.05) is 41.4 Å². The molecule has 0 fully saturated rings. The highest BCUT2D eigenvalue weighted by Crippen LogP contribution is 2.17. The minimum Gasteiger partial charge on any atom is -0.331 e. The first-order valence-corrected chi connectivity index (χ1v) is 6.82. The first-order chi connectivity index (χ1) is 9.54. The predicted octanol–water partition coefficient (Wildman–Crippen LogP) is 4.53. The van der Waals surface area contributed by atoms with Gasteiger partial charge in [-0.05, 0) is 43.7 Å². The van der Waals surface area contributed by atoms with Gasteiger partial charge in [-0.15, -0.1) is 0 Å². The van der Waals surface area contributed by atoms with Crippen molar-refractivity contribution >= 4 is 23.3 Å². The monoisotopic (exact) mass is 288 g/mol. The summed E-state index contributed by atoms with van der Waals surface area (Å²) >= 11 is 5.94. The van der Waals surface area contributed by atoms with Crippen LogP contribution in [-0.2, 0) is 0 Å². The second-order valence-corrected chi connectivity index (χ2v) is 5.18. The summed E-state index contributed by atoms with van der Waals surface area (Å²) in [4.78, 5) is 11.9. The van der Waals surface area contributed by atoms with Gasteiger partial charge in [0.2, 0.25) is 0 Å². The third kappa shape index (κ3) is 4.00. The van der Waals surface area contributed by atoms with Crippen molar-refractivity contribution in [1.82, 2.24) is 5.32 Å². The Hall–Kier alpha value is -2.00. The van der Waals surface area contributed by atoms with Crippen molar-refractivity contribution in [2.45, 2.75) is 19.9 Å². The van der Waals surface area contributed by atoms with Crippen LogP contribution in [-0.4, -0.2) is 6.03 Å². The van der Waals surface area contributed by atoms with Crippen LogP contribution < -0.4 is 10.6 Å². The zero-order valence-electron chi connectivity index (χ0n) is 11.5. The number of hydrogen-bond acceptors (Lipinski definition) is 1. The summed E-state index contributed by atoms with van der Waals surface area (Å²) in [6.45, 7) is 3.92. The van der Waals surface area contributed by atoms with Crippen LogP contribution in [0.4, 0.5) is 10.5 Å². The number of benzene rings is 2. The second-order valence-electron chi connectivity index (χ2n) is 4.74. The maximum atomic E-state index is 11.9. The molecule has 2 aromatic carbocycles. The van der Waals surface area contributed by atoms with Gasteiger partial charge in [-0.3, -0.25) is 0 Å². The molecule has 2 N–H and O–H groups in total. The van der Waals surface area contributed by atoms with Crippen LogP contribution in [0.1, 0.15) is 24.1 Å². The third-order valence-electron chi connectivity index (χ3n) is 3.01. The van der Waals surface area contributed by atoms with Crippen LogP contribution in [0.5, 0.6) is 0 Å². The highest BCUT2D eigenvalue weighted by atomic mass is 35.5. The van der Waals surface area contributed by atoms with Crippen molar-refractivity contribution in [3.63, 3.8) is 0 Å². The molecule has 0 spiro atoms. The smallest absolute Gasteiger partial charge is 0.319 e. The SMILES string of the molecule is Cc1ccc(NC(=O)NC(C)c2cccc(Cl)c2)cc1. The number of urea groups is 1. The molecule has 0 bridgehead atoms. The molecule has 2 rings (SSSR count). The standard InChI is InChI=1S/C16H17ClN2O/c1-11-6-8-15(9-7-11)19-16(20)18-12(2)13-4-3-5-14(17)10-13/h3-10,12H,1-2H3,(H2,18,19,20). The highest BCUT2D eigenvalue weighted by Gasteiger charge is 2.09. The van der Waals surface area contributed by atoms with Crippen LogP contribution >= 0.6 is 11.6 Å². The number of rotatable bonds is 3. The van der Waals surface area contributed by atoms with E-state index >= 15 is 0 Å². The highest BCUT2D eigenvalue weighted by molar-refractivity contribution is 6.30. The molecule has 0 radical (unpaired) electrons. The number of aryl methyl sites for hydroxylation is 1. The van der Waals surface area contributed by atoms with E-state index < -0.39 is 0 Å². The molecular weight excluding hydrogens is 272 g/mol. The Bertz CT molecular complexity index is 596. The minimum absolute atomic E-state index is 0.112. The first-order valence-electron chi connectivity index (χ1n) is 6.44.